The molecule has 8 heteroatoms. The van der Waals surface area contributed by atoms with E-state index in [0.717, 1.165) is 31.8 Å². The van der Waals surface area contributed by atoms with E-state index in [0.29, 0.717) is 37.3 Å². The third-order valence-corrected chi connectivity index (χ3v) is 7.08. The van der Waals surface area contributed by atoms with Crippen molar-refractivity contribution in [3.8, 4) is 6.07 Å². The summed E-state index contributed by atoms with van der Waals surface area (Å²) in [6, 6.07) is 17.5. The molecule has 0 unspecified atom stereocenters. The van der Waals surface area contributed by atoms with E-state index < -0.39 is 0 Å². The molecule has 0 N–H and O–H groups in total. The number of aromatic nitrogens is 2. The Morgan fingerprint density at radius 3 is 2.65 bits per heavy atom. The number of carbonyl (C=O) groups is 1. The van der Waals surface area contributed by atoms with E-state index in [1.807, 2.05) is 64.9 Å². The average molecular weight is 530 g/mol. The van der Waals surface area contributed by atoms with Crippen LogP contribution in [0.3, 0.4) is 0 Å². The lowest BCUT2D eigenvalue weighted by Gasteiger charge is -2.35. The lowest BCUT2D eigenvalue weighted by atomic mass is 10.1. The smallest absolute Gasteiger partial charge is 0.254 e. The highest BCUT2D eigenvalue weighted by molar-refractivity contribution is 9.10. The number of fused-ring (bicyclic) bond motifs is 1. The summed E-state index contributed by atoms with van der Waals surface area (Å²) in [5.74, 6) is 0.828. The molecule has 0 radical (unpaired) electrons. The van der Waals surface area contributed by atoms with Gasteiger partial charge < -0.3 is 9.80 Å². The van der Waals surface area contributed by atoms with E-state index in [9.17, 15) is 4.79 Å². The lowest BCUT2D eigenvalue weighted by molar-refractivity contribution is 0.0748. The van der Waals surface area contributed by atoms with Gasteiger partial charge in [-0.2, -0.15) is 5.26 Å². The first-order valence-corrected chi connectivity index (χ1v) is 12.5. The molecule has 1 fully saturated rings. The summed E-state index contributed by atoms with van der Waals surface area (Å²) in [6.45, 7) is 2.56. The molecular formula is C26H20BrN5OS. The molecule has 0 saturated carbocycles. The van der Waals surface area contributed by atoms with Crippen LogP contribution in [0.2, 0.25) is 0 Å². The highest BCUT2D eigenvalue weighted by atomic mass is 79.9. The number of nitrogens with zero attached hydrogens (tertiary/aromatic N) is 5. The van der Waals surface area contributed by atoms with Crippen LogP contribution in [0.4, 0.5) is 5.82 Å². The topological polar surface area (TPSA) is 73.1 Å². The molecule has 1 aliphatic rings. The Morgan fingerprint density at radius 2 is 1.94 bits per heavy atom. The van der Waals surface area contributed by atoms with Gasteiger partial charge in [0.1, 0.15) is 11.9 Å². The quantitative estimate of drug-likeness (QED) is 0.351. The van der Waals surface area contributed by atoms with Gasteiger partial charge in [0.25, 0.3) is 5.91 Å². The van der Waals surface area contributed by atoms with Crippen molar-refractivity contribution in [2.75, 3.05) is 31.1 Å². The Labute approximate surface area is 209 Å². The van der Waals surface area contributed by atoms with Gasteiger partial charge in [-0.15, -0.1) is 11.3 Å². The van der Waals surface area contributed by atoms with Gasteiger partial charge in [-0.1, -0.05) is 22.0 Å². The van der Waals surface area contributed by atoms with Gasteiger partial charge >= 0.3 is 0 Å². The van der Waals surface area contributed by atoms with Crippen molar-refractivity contribution in [2.24, 2.45) is 0 Å². The Kier molecular flexibility index (Phi) is 6.39. The molecule has 1 aromatic carbocycles. The second kappa shape index (κ2) is 9.75. The predicted molar refractivity (Wildman–Crippen MR) is 140 cm³/mol. The van der Waals surface area contributed by atoms with Crippen molar-refractivity contribution in [3.05, 3.63) is 86.3 Å². The van der Waals surface area contributed by atoms with Crippen LogP contribution in [-0.2, 0) is 0 Å². The normalized spacial score (nSPS) is 14.0. The van der Waals surface area contributed by atoms with Gasteiger partial charge in [-0.3, -0.25) is 4.79 Å². The van der Waals surface area contributed by atoms with E-state index in [2.05, 4.69) is 31.9 Å². The number of anilines is 1. The minimum absolute atomic E-state index is 0.00344. The summed E-state index contributed by atoms with van der Waals surface area (Å²) in [5, 5.41) is 11.8. The summed E-state index contributed by atoms with van der Waals surface area (Å²) in [5.41, 5.74) is 2.74. The van der Waals surface area contributed by atoms with Gasteiger partial charge in [-0.05, 0) is 60.0 Å². The summed E-state index contributed by atoms with van der Waals surface area (Å²) in [7, 11) is 0. The lowest BCUT2D eigenvalue weighted by Crippen LogP contribution is -2.49. The Bertz CT molecular complexity index is 1400. The van der Waals surface area contributed by atoms with Gasteiger partial charge in [0, 0.05) is 47.1 Å². The monoisotopic (exact) mass is 529 g/mol. The van der Waals surface area contributed by atoms with Crippen LogP contribution >= 0.6 is 27.3 Å². The van der Waals surface area contributed by atoms with Crippen molar-refractivity contribution >= 4 is 62.0 Å². The van der Waals surface area contributed by atoms with Crippen LogP contribution in [0.15, 0.2) is 64.6 Å². The summed E-state index contributed by atoms with van der Waals surface area (Å²) < 4.78 is 0.912. The molecule has 5 rings (SSSR count). The zero-order valence-electron chi connectivity index (χ0n) is 18.2. The largest absolute Gasteiger partial charge is 0.353 e. The number of carbonyl (C=O) groups excluding carboxylic acids is 1. The van der Waals surface area contributed by atoms with Gasteiger partial charge in [0.15, 0.2) is 0 Å². The molecule has 4 heterocycles. The van der Waals surface area contributed by atoms with Crippen LogP contribution in [0.5, 0.6) is 0 Å². The maximum atomic E-state index is 13.6. The molecular weight excluding hydrogens is 510 g/mol. The van der Waals surface area contributed by atoms with Gasteiger partial charge in [0.05, 0.1) is 22.3 Å². The summed E-state index contributed by atoms with van der Waals surface area (Å²) in [6.07, 6.45) is 5.56. The number of thiophene rings is 1. The Hall–Kier alpha value is -3.54. The van der Waals surface area contributed by atoms with Crippen LogP contribution in [-0.4, -0.2) is 47.0 Å². The minimum Gasteiger partial charge on any atom is -0.353 e. The molecule has 6 nitrogen and oxygen atoms in total. The predicted octanol–water partition coefficient (Wildman–Crippen LogP) is 5.46. The first kappa shape index (κ1) is 22.3. The van der Waals surface area contributed by atoms with Crippen molar-refractivity contribution in [3.63, 3.8) is 0 Å². The molecule has 1 amide bonds. The Balaban J connectivity index is 1.39. The molecule has 0 aliphatic carbocycles. The number of amides is 1. The number of benzene rings is 1. The zero-order chi connectivity index (χ0) is 23.5. The first-order valence-electron chi connectivity index (χ1n) is 10.8. The number of hydrogen-bond donors (Lipinski definition) is 0. The van der Waals surface area contributed by atoms with E-state index in [4.69, 9.17) is 10.2 Å². The highest BCUT2D eigenvalue weighted by Gasteiger charge is 2.24. The third-order valence-electron chi connectivity index (χ3n) is 5.75. The molecule has 1 saturated heterocycles. The van der Waals surface area contributed by atoms with E-state index in [-0.39, 0.29) is 5.91 Å². The van der Waals surface area contributed by atoms with Crippen molar-refractivity contribution < 1.29 is 4.79 Å². The molecule has 0 bridgehead atoms. The van der Waals surface area contributed by atoms with Crippen molar-refractivity contribution in [2.45, 2.75) is 0 Å². The maximum absolute atomic E-state index is 13.6. The van der Waals surface area contributed by atoms with E-state index >= 15 is 0 Å². The average Bonchev–Trinajstić information content (AvgIpc) is 3.41. The third kappa shape index (κ3) is 4.72. The molecule has 4 aromatic rings. The molecule has 34 heavy (non-hydrogen) atoms. The Morgan fingerprint density at radius 1 is 1.09 bits per heavy atom. The van der Waals surface area contributed by atoms with Crippen LogP contribution < -0.4 is 4.90 Å². The van der Waals surface area contributed by atoms with Crippen LogP contribution in [0.25, 0.3) is 23.1 Å². The fourth-order valence-corrected chi connectivity index (χ4v) is 4.96. The number of nitriles is 1. The van der Waals surface area contributed by atoms with Gasteiger partial charge in [0.2, 0.25) is 0 Å². The molecule has 3 aromatic heterocycles. The number of hydrogen-bond acceptors (Lipinski definition) is 6. The number of pyridine rings is 2. The zero-order valence-corrected chi connectivity index (χ0v) is 20.6. The molecule has 168 valence electrons. The first-order chi connectivity index (χ1) is 16.6. The number of rotatable bonds is 4. The summed E-state index contributed by atoms with van der Waals surface area (Å²) in [4.78, 5) is 27.9. The van der Waals surface area contributed by atoms with Crippen LogP contribution in [0.1, 0.15) is 26.5 Å². The highest BCUT2D eigenvalue weighted by Crippen LogP contribution is 2.26. The second-order valence-electron chi connectivity index (χ2n) is 7.90. The number of halogens is 1. The van der Waals surface area contributed by atoms with Gasteiger partial charge in [-0.25, -0.2) is 9.97 Å². The SMILES string of the molecule is N#Cc1ccc(N2CCN(C(=O)c3cc(/C=C/c4cccs4)nc4ccc(Br)cc34)CC2)nc1. The fourth-order valence-electron chi connectivity index (χ4n) is 3.98. The summed E-state index contributed by atoms with van der Waals surface area (Å²) >= 11 is 5.19. The molecule has 1 aliphatic heterocycles. The van der Waals surface area contributed by atoms with Crippen LogP contribution in [0, 0.1) is 11.3 Å². The van der Waals surface area contributed by atoms with Crippen molar-refractivity contribution in [1.82, 2.24) is 14.9 Å². The van der Waals surface area contributed by atoms with E-state index in [1.165, 1.54) is 0 Å². The van der Waals surface area contributed by atoms with E-state index in [1.54, 1.807) is 23.6 Å². The molecule has 0 atom stereocenters. The second-order valence-corrected chi connectivity index (χ2v) is 9.80. The number of piperazine rings is 1. The minimum atomic E-state index is 0.00344. The van der Waals surface area contributed by atoms with Crippen molar-refractivity contribution in [1.29, 1.82) is 5.26 Å². The standard InChI is InChI=1S/C26H20BrN5OS/c27-19-4-7-24-22(14-19)23(15-20(30-24)5-6-21-2-1-13-34-21)26(33)32-11-9-31(10-12-32)25-8-3-18(16-28)17-29-25/h1-8,13-15,17H,9-12H2/b6-5+. The maximum Gasteiger partial charge on any atom is 0.254 e. The molecule has 0 spiro atoms. The fraction of sp³-hybridized carbons (Fsp3) is 0.154.